The summed E-state index contributed by atoms with van der Waals surface area (Å²) in [5, 5.41) is 29.7. The summed E-state index contributed by atoms with van der Waals surface area (Å²) in [6, 6.07) is 4.71. The molecular weight excluding hydrogens is 222 g/mol. The number of para-hydroxylation sites is 1. The summed E-state index contributed by atoms with van der Waals surface area (Å²) in [6.07, 6.45) is 0. The number of aromatic hydroxyl groups is 2. The van der Waals surface area contributed by atoms with Crippen LogP contribution in [0.2, 0.25) is 0 Å². The first-order chi connectivity index (χ1) is 8.13. The Balaban J connectivity index is 2.36. The van der Waals surface area contributed by atoms with E-state index < -0.39 is 0 Å². The molecule has 17 heavy (non-hydrogen) atoms. The highest BCUT2D eigenvalue weighted by atomic mass is 16.3. The molecule has 0 unspecified atom stereocenters. The fourth-order valence-corrected chi connectivity index (χ4v) is 1.42. The zero-order valence-electron chi connectivity index (χ0n) is 9.47. The number of phenols is 2. The number of hydrogen-bond donors (Lipinski definition) is 4. The van der Waals surface area contributed by atoms with Gasteiger partial charge in [-0.05, 0) is 12.1 Å². The quantitative estimate of drug-likeness (QED) is 0.593. The maximum absolute atomic E-state index is 9.72. The van der Waals surface area contributed by atoms with Crippen molar-refractivity contribution >= 4 is 17.6 Å². The molecule has 7 heteroatoms. The molecule has 7 nitrogen and oxygen atoms in total. The molecule has 0 aliphatic carbocycles. The molecule has 90 valence electrons. The van der Waals surface area contributed by atoms with Gasteiger partial charge in [0.05, 0.1) is 5.69 Å². The van der Waals surface area contributed by atoms with Gasteiger partial charge < -0.3 is 20.4 Å². The molecule has 2 rings (SSSR count). The van der Waals surface area contributed by atoms with Gasteiger partial charge in [-0.15, -0.1) is 10.2 Å². The van der Waals surface area contributed by atoms with Crippen LogP contribution in [0.25, 0.3) is 0 Å². The van der Waals surface area contributed by atoms with E-state index in [2.05, 4.69) is 20.5 Å². The predicted molar refractivity (Wildman–Crippen MR) is 63.8 cm³/mol. The molecule has 4 N–H and O–H groups in total. The minimum atomic E-state index is -0.197. The van der Waals surface area contributed by atoms with Crippen molar-refractivity contribution in [1.29, 1.82) is 0 Å². The molecule has 0 aliphatic rings. The van der Waals surface area contributed by atoms with E-state index >= 15 is 0 Å². The monoisotopic (exact) mass is 235 g/mol. The summed E-state index contributed by atoms with van der Waals surface area (Å²) in [7, 11) is 3.42. The summed E-state index contributed by atoms with van der Waals surface area (Å²) in [4.78, 5) is 4.49. The normalized spacial score (nSPS) is 10.2. The van der Waals surface area contributed by atoms with Crippen molar-refractivity contribution in [3.05, 3.63) is 18.2 Å². The van der Waals surface area contributed by atoms with E-state index in [0.717, 1.165) is 0 Å². The fraction of sp³-hybridized carbons (Fsp3) is 0.200. The van der Waals surface area contributed by atoms with Gasteiger partial charge in [0.1, 0.15) is 0 Å². The molecule has 0 atom stereocenters. The molecule has 0 saturated heterocycles. The van der Waals surface area contributed by atoms with Gasteiger partial charge in [0, 0.05) is 14.1 Å². The van der Waals surface area contributed by atoms with Crippen molar-refractivity contribution < 1.29 is 10.2 Å². The summed E-state index contributed by atoms with van der Waals surface area (Å²) in [5.74, 6) is 0.599. The second-order valence-electron chi connectivity index (χ2n) is 3.45. The number of hydrogen-bond acceptors (Lipinski definition) is 6. The summed E-state index contributed by atoms with van der Waals surface area (Å²) in [5.41, 5.74) is 0.434. The Hall–Kier alpha value is -2.44. The Morgan fingerprint density at radius 1 is 1.29 bits per heavy atom. The van der Waals surface area contributed by atoms with Crippen molar-refractivity contribution in [1.82, 2.24) is 15.2 Å². The first-order valence-corrected chi connectivity index (χ1v) is 4.98. The lowest BCUT2D eigenvalue weighted by atomic mass is 10.2. The lowest BCUT2D eigenvalue weighted by Gasteiger charge is -2.16. The van der Waals surface area contributed by atoms with Gasteiger partial charge in [-0.2, -0.15) is 0 Å². The number of H-pyrrole nitrogens is 1. The lowest BCUT2D eigenvalue weighted by molar-refractivity contribution is 0.404. The van der Waals surface area contributed by atoms with Crippen LogP contribution in [-0.2, 0) is 0 Å². The van der Waals surface area contributed by atoms with Crippen LogP contribution < -0.4 is 10.2 Å². The van der Waals surface area contributed by atoms with E-state index in [1.54, 1.807) is 31.1 Å². The maximum Gasteiger partial charge on any atom is 0.230 e. The van der Waals surface area contributed by atoms with Gasteiger partial charge in [0.25, 0.3) is 0 Å². The largest absolute Gasteiger partial charge is 0.504 e. The van der Waals surface area contributed by atoms with Gasteiger partial charge in [0.2, 0.25) is 11.9 Å². The molecule has 0 saturated carbocycles. The standard InChI is InChI=1S/C10H13N5O2/c1-11-9-12-10(14-13-9)15(2)6-4-3-5-7(16)8(6)17/h3-5,16-17H,1-2H3,(H2,11,12,13,14). The van der Waals surface area contributed by atoms with E-state index in [1.807, 2.05) is 0 Å². The van der Waals surface area contributed by atoms with Crippen molar-refractivity contribution in [2.45, 2.75) is 0 Å². The highest BCUT2D eigenvalue weighted by molar-refractivity contribution is 5.68. The minimum absolute atomic E-state index is 0.178. The molecular formula is C10H13N5O2. The predicted octanol–water partition coefficient (Wildman–Crippen LogP) is 1.03. The lowest BCUT2D eigenvalue weighted by Crippen LogP contribution is -2.11. The van der Waals surface area contributed by atoms with Crippen LogP contribution in [0.4, 0.5) is 17.6 Å². The van der Waals surface area contributed by atoms with Crippen molar-refractivity contribution in [3.63, 3.8) is 0 Å². The average molecular weight is 235 g/mol. The number of nitrogens with zero attached hydrogens (tertiary/aromatic N) is 3. The van der Waals surface area contributed by atoms with E-state index in [-0.39, 0.29) is 11.5 Å². The molecule has 0 spiro atoms. The molecule has 1 heterocycles. The number of anilines is 3. The Morgan fingerprint density at radius 3 is 2.71 bits per heavy atom. The minimum Gasteiger partial charge on any atom is -0.504 e. The van der Waals surface area contributed by atoms with Crippen LogP contribution in [0.15, 0.2) is 18.2 Å². The van der Waals surface area contributed by atoms with Crippen LogP contribution in [0, 0.1) is 0 Å². The number of rotatable bonds is 3. The molecule has 0 amide bonds. The van der Waals surface area contributed by atoms with E-state index in [1.165, 1.54) is 6.07 Å². The number of aromatic nitrogens is 3. The fourth-order valence-electron chi connectivity index (χ4n) is 1.42. The number of nitrogens with one attached hydrogen (secondary N) is 2. The van der Waals surface area contributed by atoms with E-state index in [9.17, 15) is 10.2 Å². The molecule has 2 aromatic rings. The molecule has 0 fully saturated rings. The average Bonchev–Trinajstić information content (AvgIpc) is 2.80. The Labute approximate surface area is 97.7 Å². The summed E-state index contributed by atoms with van der Waals surface area (Å²) in [6.45, 7) is 0. The number of aromatic amines is 1. The van der Waals surface area contributed by atoms with Crippen molar-refractivity contribution in [2.75, 3.05) is 24.3 Å². The van der Waals surface area contributed by atoms with Gasteiger partial charge in [-0.25, -0.2) is 0 Å². The summed E-state index contributed by atoms with van der Waals surface area (Å²) >= 11 is 0. The number of benzene rings is 1. The Morgan fingerprint density at radius 2 is 2.06 bits per heavy atom. The molecule has 0 bridgehead atoms. The van der Waals surface area contributed by atoms with Crippen LogP contribution in [-0.4, -0.2) is 39.5 Å². The molecule has 0 radical (unpaired) electrons. The number of phenolic OH excluding ortho intramolecular Hbond substituents is 2. The van der Waals surface area contributed by atoms with E-state index in [0.29, 0.717) is 17.6 Å². The SMILES string of the molecule is CNc1nnc(N(C)c2cccc(O)c2O)[nH]1. The third-order valence-corrected chi connectivity index (χ3v) is 2.38. The van der Waals surface area contributed by atoms with Gasteiger partial charge in [0.15, 0.2) is 11.5 Å². The maximum atomic E-state index is 9.72. The Bertz CT molecular complexity index is 525. The van der Waals surface area contributed by atoms with Crippen LogP contribution in [0.3, 0.4) is 0 Å². The second kappa shape index (κ2) is 4.20. The van der Waals surface area contributed by atoms with Crippen LogP contribution in [0.1, 0.15) is 0 Å². The van der Waals surface area contributed by atoms with Crippen molar-refractivity contribution in [3.8, 4) is 11.5 Å². The van der Waals surface area contributed by atoms with Crippen LogP contribution in [0.5, 0.6) is 11.5 Å². The molecule has 1 aromatic carbocycles. The van der Waals surface area contributed by atoms with Gasteiger partial charge in [-0.1, -0.05) is 6.07 Å². The first kappa shape index (κ1) is 11.1. The first-order valence-electron chi connectivity index (χ1n) is 4.98. The van der Waals surface area contributed by atoms with Gasteiger partial charge >= 0.3 is 0 Å². The zero-order chi connectivity index (χ0) is 12.4. The van der Waals surface area contributed by atoms with E-state index in [4.69, 9.17) is 0 Å². The van der Waals surface area contributed by atoms with Gasteiger partial charge in [-0.3, -0.25) is 4.98 Å². The summed E-state index contributed by atoms with van der Waals surface area (Å²) < 4.78 is 0. The van der Waals surface area contributed by atoms with Crippen LogP contribution >= 0.6 is 0 Å². The smallest absolute Gasteiger partial charge is 0.230 e. The highest BCUT2D eigenvalue weighted by Gasteiger charge is 2.14. The molecule has 1 aromatic heterocycles. The van der Waals surface area contributed by atoms with Crippen molar-refractivity contribution in [2.24, 2.45) is 0 Å². The second-order valence-corrected chi connectivity index (χ2v) is 3.45. The topological polar surface area (TPSA) is 97.3 Å². The zero-order valence-corrected chi connectivity index (χ0v) is 9.47. The third-order valence-electron chi connectivity index (χ3n) is 2.38. The third kappa shape index (κ3) is 1.94. The highest BCUT2D eigenvalue weighted by Crippen LogP contribution is 2.36. The molecule has 0 aliphatic heterocycles. The Kier molecular flexibility index (Phi) is 2.73.